The fourth-order valence-corrected chi connectivity index (χ4v) is 2.18. The van der Waals surface area contributed by atoms with Crippen molar-refractivity contribution in [2.45, 2.75) is 13.5 Å². The first kappa shape index (κ1) is 13.3. The van der Waals surface area contributed by atoms with Gasteiger partial charge in [-0.3, -0.25) is 0 Å². The van der Waals surface area contributed by atoms with Gasteiger partial charge in [-0.05, 0) is 36.2 Å². The molecule has 19 heavy (non-hydrogen) atoms. The van der Waals surface area contributed by atoms with Crippen LogP contribution in [0.3, 0.4) is 0 Å². The fourth-order valence-electron chi connectivity index (χ4n) is 2.18. The molecule has 0 aliphatic rings. The van der Waals surface area contributed by atoms with E-state index in [1.807, 2.05) is 25.2 Å². The molecule has 0 atom stereocenters. The smallest absolute Gasteiger partial charge is 0.160 e. The number of anilines is 1. The third-order valence-electron chi connectivity index (χ3n) is 3.19. The van der Waals surface area contributed by atoms with E-state index < -0.39 is 0 Å². The second-order valence-corrected chi connectivity index (χ2v) is 4.65. The van der Waals surface area contributed by atoms with E-state index in [9.17, 15) is 5.11 Å². The summed E-state index contributed by atoms with van der Waals surface area (Å²) < 4.78 is 5.05. The first-order valence-corrected chi connectivity index (χ1v) is 6.24. The Hall–Kier alpha value is -2.16. The number of aromatic hydroxyl groups is 1. The molecule has 0 saturated heterocycles. The first-order valence-electron chi connectivity index (χ1n) is 6.24. The van der Waals surface area contributed by atoms with Crippen LogP contribution in [0.5, 0.6) is 11.5 Å². The maximum Gasteiger partial charge on any atom is 0.160 e. The molecule has 0 radical (unpaired) electrons. The number of phenolic OH excluding ortho intramolecular Hbond substituents is 1. The zero-order valence-corrected chi connectivity index (χ0v) is 11.6. The highest BCUT2D eigenvalue weighted by Gasteiger charge is 2.07. The lowest BCUT2D eigenvalue weighted by Crippen LogP contribution is -2.17. The summed E-state index contributed by atoms with van der Waals surface area (Å²) in [5, 5.41) is 9.79. The van der Waals surface area contributed by atoms with Crippen LogP contribution >= 0.6 is 0 Å². The molecule has 0 fully saturated rings. The molecular formula is C16H19NO2. The van der Waals surface area contributed by atoms with Gasteiger partial charge in [0.1, 0.15) is 0 Å². The van der Waals surface area contributed by atoms with Crippen LogP contribution in [0, 0.1) is 6.92 Å². The Bertz CT molecular complexity index is 566. The Morgan fingerprint density at radius 3 is 2.53 bits per heavy atom. The van der Waals surface area contributed by atoms with Crippen LogP contribution < -0.4 is 9.64 Å². The van der Waals surface area contributed by atoms with E-state index in [1.165, 1.54) is 11.3 Å². The van der Waals surface area contributed by atoms with Crippen LogP contribution in [0.2, 0.25) is 0 Å². The van der Waals surface area contributed by atoms with Crippen LogP contribution in [0.1, 0.15) is 11.1 Å². The minimum absolute atomic E-state index is 0.179. The van der Waals surface area contributed by atoms with Gasteiger partial charge in [0.2, 0.25) is 0 Å². The SMILES string of the molecule is COc1ccc(CN(C)c2ccccc2C)cc1O. The van der Waals surface area contributed by atoms with E-state index in [2.05, 4.69) is 24.0 Å². The highest BCUT2D eigenvalue weighted by molar-refractivity contribution is 5.53. The topological polar surface area (TPSA) is 32.7 Å². The Labute approximate surface area is 114 Å². The lowest BCUT2D eigenvalue weighted by molar-refractivity contribution is 0.373. The molecule has 100 valence electrons. The number of methoxy groups -OCH3 is 1. The van der Waals surface area contributed by atoms with Crippen LogP contribution in [0.4, 0.5) is 5.69 Å². The summed E-state index contributed by atoms with van der Waals surface area (Å²) in [4.78, 5) is 2.16. The van der Waals surface area contributed by atoms with Gasteiger partial charge in [0.25, 0.3) is 0 Å². The molecular weight excluding hydrogens is 238 g/mol. The van der Waals surface area contributed by atoms with Gasteiger partial charge in [0, 0.05) is 19.3 Å². The van der Waals surface area contributed by atoms with Gasteiger partial charge >= 0.3 is 0 Å². The summed E-state index contributed by atoms with van der Waals surface area (Å²) in [5.41, 5.74) is 3.48. The van der Waals surface area contributed by atoms with Gasteiger partial charge in [-0.25, -0.2) is 0 Å². The fraction of sp³-hybridized carbons (Fsp3) is 0.250. The van der Waals surface area contributed by atoms with E-state index in [4.69, 9.17) is 4.74 Å². The van der Waals surface area contributed by atoms with Crippen molar-refractivity contribution in [2.75, 3.05) is 19.1 Å². The molecule has 0 bridgehead atoms. The minimum Gasteiger partial charge on any atom is -0.504 e. The molecule has 3 nitrogen and oxygen atoms in total. The van der Waals surface area contributed by atoms with Crippen LogP contribution in [0.15, 0.2) is 42.5 Å². The van der Waals surface area contributed by atoms with Gasteiger partial charge in [0.05, 0.1) is 7.11 Å². The van der Waals surface area contributed by atoms with E-state index in [0.717, 1.165) is 12.1 Å². The molecule has 0 spiro atoms. The number of rotatable bonds is 4. The molecule has 2 aromatic carbocycles. The highest BCUT2D eigenvalue weighted by atomic mass is 16.5. The van der Waals surface area contributed by atoms with Crippen LogP contribution in [-0.4, -0.2) is 19.3 Å². The number of hydrogen-bond donors (Lipinski definition) is 1. The highest BCUT2D eigenvalue weighted by Crippen LogP contribution is 2.27. The summed E-state index contributed by atoms with van der Waals surface area (Å²) in [6, 6.07) is 13.8. The lowest BCUT2D eigenvalue weighted by atomic mass is 10.1. The monoisotopic (exact) mass is 257 g/mol. The number of benzene rings is 2. The van der Waals surface area contributed by atoms with Gasteiger partial charge in [-0.2, -0.15) is 0 Å². The second kappa shape index (κ2) is 5.65. The molecule has 0 amide bonds. The van der Waals surface area contributed by atoms with Gasteiger partial charge in [-0.15, -0.1) is 0 Å². The summed E-state index contributed by atoms with van der Waals surface area (Å²) in [5.74, 6) is 0.681. The normalized spacial score (nSPS) is 10.3. The number of ether oxygens (including phenoxy) is 1. The molecule has 0 aliphatic carbocycles. The van der Waals surface area contributed by atoms with Crippen molar-refractivity contribution in [3.05, 3.63) is 53.6 Å². The second-order valence-electron chi connectivity index (χ2n) is 4.65. The summed E-state index contributed by atoms with van der Waals surface area (Å²) in [6.07, 6.45) is 0. The number of hydrogen-bond acceptors (Lipinski definition) is 3. The van der Waals surface area contributed by atoms with Crippen molar-refractivity contribution in [1.82, 2.24) is 0 Å². The van der Waals surface area contributed by atoms with Crippen molar-refractivity contribution in [3.63, 3.8) is 0 Å². The summed E-state index contributed by atoms with van der Waals surface area (Å²) in [7, 11) is 3.60. The Balaban J connectivity index is 2.17. The Morgan fingerprint density at radius 1 is 1.16 bits per heavy atom. The Kier molecular flexibility index (Phi) is 3.95. The van der Waals surface area contributed by atoms with Gasteiger partial charge in [0.15, 0.2) is 11.5 Å². The molecule has 0 aliphatic heterocycles. The molecule has 3 heteroatoms. The number of aryl methyl sites for hydroxylation is 1. The molecule has 1 N–H and O–H groups in total. The van der Waals surface area contributed by atoms with Gasteiger partial charge in [-0.1, -0.05) is 24.3 Å². The van der Waals surface area contributed by atoms with E-state index in [0.29, 0.717) is 5.75 Å². The minimum atomic E-state index is 0.179. The predicted octanol–water partition coefficient (Wildman–Crippen LogP) is 3.35. The van der Waals surface area contributed by atoms with Crippen molar-refractivity contribution in [1.29, 1.82) is 0 Å². The van der Waals surface area contributed by atoms with E-state index in [-0.39, 0.29) is 5.75 Å². The lowest BCUT2D eigenvalue weighted by Gasteiger charge is -2.21. The molecule has 0 heterocycles. The standard InChI is InChI=1S/C16H19NO2/c1-12-6-4-5-7-14(12)17(2)11-13-8-9-16(19-3)15(18)10-13/h4-10,18H,11H2,1-3H3. The van der Waals surface area contributed by atoms with Crippen molar-refractivity contribution < 1.29 is 9.84 Å². The quantitative estimate of drug-likeness (QED) is 0.911. The van der Waals surface area contributed by atoms with E-state index in [1.54, 1.807) is 19.2 Å². The first-order chi connectivity index (χ1) is 9.11. The van der Waals surface area contributed by atoms with Gasteiger partial charge < -0.3 is 14.7 Å². The number of nitrogens with zero attached hydrogens (tertiary/aromatic N) is 1. The average Bonchev–Trinajstić information content (AvgIpc) is 2.39. The third-order valence-corrected chi connectivity index (χ3v) is 3.19. The molecule has 0 saturated carbocycles. The van der Waals surface area contributed by atoms with Crippen LogP contribution in [-0.2, 0) is 6.54 Å². The van der Waals surface area contributed by atoms with E-state index >= 15 is 0 Å². The predicted molar refractivity (Wildman–Crippen MR) is 77.9 cm³/mol. The number of para-hydroxylation sites is 1. The molecule has 2 rings (SSSR count). The maximum absolute atomic E-state index is 9.79. The molecule has 2 aromatic rings. The molecule has 0 aromatic heterocycles. The summed E-state index contributed by atoms with van der Waals surface area (Å²) in [6.45, 7) is 2.83. The third kappa shape index (κ3) is 2.99. The number of phenols is 1. The van der Waals surface area contributed by atoms with Crippen molar-refractivity contribution >= 4 is 5.69 Å². The largest absolute Gasteiger partial charge is 0.504 e. The Morgan fingerprint density at radius 2 is 1.89 bits per heavy atom. The molecule has 0 unspecified atom stereocenters. The maximum atomic E-state index is 9.79. The summed E-state index contributed by atoms with van der Waals surface area (Å²) >= 11 is 0. The van der Waals surface area contributed by atoms with Crippen LogP contribution in [0.25, 0.3) is 0 Å². The zero-order valence-electron chi connectivity index (χ0n) is 11.6. The zero-order chi connectivity index (χ0) is 13.8. The average molecular weight is 257 g/mol. The van der Waals surface area contributed by atoms with Crippen molar-refractivity contribution in [3.8, 4) is 11.5 Å². The van der Waals surface area contributed by atoms with Crippen molar-refractivity contribution in [2.24, 2.45) is 0 Å².